The lowest BCUT2D eigenvalue weighted by atomic mass is 9.94. The molecule has 1 atom stereocenters. The quantitative estimate of drug-likeness (QED) is 0.541. The number of amides is 1. The zero-order chi connectivity index (χ0) is 24.2. The van der Waals surface area contributed by atoms with Crippen molar-refractivity contribution in [2.24, 2.45) is 0 Å². The van der Waals surface area contributed by atoms with Crippen LogP contribution in [0, 0.1) is 12.7 Å². The highest BCUT2D eigenvalue weighted by atomic mass is 19.1. The number of aromatic nitrogens is 3. The lowest BCUT2D eigenvalue weighted by Crippen LogP contribution is -2.42. The summed E-state index contributed by atoms with van der Waals surface area (Å²) < 4.78 is 20.1. The van der Waals surface area contributed by atoms with Gasteiger partial charge >= 0.3 is 5.97 Å². The Kier molecular flexibility index (Phi) is 6.72. The Bertz CT molecular complexity index is 1220. The summed E-state index contributed by atoms with van der Waals surface area (Å²) in [7, 11) is 0. The molecule has 3 aromatic rings. The Morgan fingerprint density at radius 1 is 1.09 bits per heavy atom. The standard InChI is InChI=1S/C25H26FN5O3/c1-4-34-24(33)22-17(3)30(14-21(32)27-13-18-7-11-20(26)12-8-18)25-28-15-29-31(25)23(22)19-9-5-16(2)6-10-19/h5-12,15,23H,4,13-14H2,1-3H3,(H,27,32). The molecule has 8 nitrogen and oxygen atoms in total. The minimum atomic E-state index is -0.532. The highest BCUT2D eigenvalue weighted by Gasteiger charge is 2.38. The van der Waals surface area contributed by atoms with Gasteiger partial charge in [-0.15, -0.1) is 0 Å². The molecule has 1 amide bonds. The molecule has 2 aromatic carbocycles. The maximum absolute atomic E-state index is 13.1. The van der Waals surface area contributed by atoms with Gasteiger partial charge in [0.05, 0.1) is 12.2 Å². The molecule has 1 aliphatic rings. The van der Waals surface area contributed by atoms with E-state index in [1.165, 1.54) is 18.5 Å². The fraction of sp³-hybridized carbons (Fsp3) is 0.280. The van der Waals surface area contributed by atoms with Crippen LogP contribution in [0.4, 0.5) is 10.3 Å². The van der Waals surface area contributed by atoms with Gasteiger partial charge < -0.3 is 15.0 Å². The Morgan fingerprint density at radius 2 is 1.79 bits per heavy atom. The Morgan fingerprint density at radius 3 is 2.47 bits per heavy atom. The first kappa shape index (κ1) is 23.2. The van der Waals surface area contributed by atoms with Gasteiger partial charge in [-0.25, -0.2) is 13.9 Å². The first-order chi connectivity index (χ1) is 16.4. The van der Waals surface area contributed by atoms with Crippen LogP contribution in [-0.2, 0) is 20.9 Å². The van der Waals surface area contributed by atoms with Crippen LogP contribution in [0.5, 0.6) is 0 Å². The minimum Gasteiger partial charge on any atom is -0.463 e. The van der Waals surface area contributed by atoms with E-state index in [-0.39, 0.29) is 31.4 Å². The highest BCUT2D eigenvalue weighted by Crippen LogP contribution is 2.38. The van der Waals surface area contributed by atoms with Crippen LogP contribution in [0.2, 0.25) is 0 Å². The number of carbonyl (C=O) groups is 2. The molecule has 0 saturated heterocycles. The smallest absolute Gasteiger partial charge is 0.338 e. The number of rotatable bonds is 7. The van der Waals surface area contributed by atoms with Crippen molar-refractivity contribution in [1.82, 2.24) is 20.1 Å². The molecular weight excluding hydrogens is 437 g/mol. The first-order valence-corrected chi connectivity index (χ1v) is 11.0. The number of aryl methyl sites for hydroxylation is 1. The second-order valence-electron chi connectivity index (χ2n) is 8.03. The molecule has 4 rings (SSSR count). The molecule has 2 heterocycles. The summed E-state index contributed by atoms with van der Waals surface area (Å²) in [5.74, 6) is -0.634. The normalized spacial score (nSPS) is 15.2. The van der Waals surface area contributed by atoms with Crippen LogP contribution < -0.4 is 10.2 Å². The number of carbonyl (C=O) groups excluding carboxylic acids is 2. The van der Waals surface area contributed by atoms with Gasteiger partial charge in [0.25, 0.3) is 0 Å². The van der Waals surface area contributed by atoms with Crippen LogP contribution in [0.15, 0.2) is 66.1 Å². The summed E-state index contributed by atoms with van der Waals surface area (Å²) in [6.07, 6.45) is 1.40. The second kappa shape index (κ2) is 9.86. The molecule has 0 fully saturated rings. The number of ether oxygens (including phenoxy) is 1. The summed E-state index contributed by atoms with van der Waals surface area (Å²) >= 11 is 0. The van der Waals surface area contributed by atoms with Crippen LogP contribution >= 0.6 is 0 Å². The van der Waals surface area contributed by atoms with Crippen molar-refractivity contribution >= 4 is 17.8 Å². The highest BCUT2D eigenvalue weighted by molar-refractivity contribution is 5.93. The number of benzene rings is 2. The molecule has 34 heavy (non-hydrogen) atoms. The molecule has 176 valence electrons. The van der Waals surface area contributed by atoms with Gasteiger partial charge in [0.1, 0.15) is 24.7 Å². The predicted octanol–water partition coefficient (Wildman–Crippen LogP) is 3.29. The summed E-state index contributed by atoms with van der Waals surface area (Å²) in [6.45, 7) is 5.91. The number of allylic oxidation sites excluding steroid dienone is 1. The summed E-state index contributed by atoms with van der Waals surface area (Å²) in [5.41, 5.74) is 3.70. The topological polar surface area (TPSA) is 89.3 Å². The first-order valence-electron chi connectivity index (χ1n) is 11.0. The average molecular weight is 464 g/mol. The summed E-state index contributed by atoms with van der Waals surface area (Å²) in [5, 5.41) is 7.21. The lowest BCUT2D eigenvalue weighted by Gasteiger charge is -2.35. The van der Waals surface area contributed by atoms with E-state index in [2.05, 4.69) is 15.4 Å². The van der Waals surface area contributed by atoms with E-state index in [4.69, 9.17) is 4.74 Å². The maximum Gasteiger partial charge on any atom is 0.338 e. The van der Waals surface area contributed by atoms with Crippen molar-refractivity contribution in [3.8, 4) is 0 Å². The predicted molar refractivity (Wildman–Crippen MR) is 124 cm³/mol. The Hall–Kier alpha value is -4.01. The molecule has 0 saturated carbocycles. The van der Waals surface area contributed by atoms with Gasteiger partial charge in [0, 0.05) is 12.2 Å². The van der Waals surface area contributed by atoms with Crippen molar-refractivity contribution in [3.63, 3.8) is 0 Å². The van der Waals surface area contributed by atoms with Gasteiger partial charge in [0.2, 0.25) is 11.9 Å². The van der Waals surface area contributed by atoms with Gasteiger partial charge in [-0.2, -0.15) is 10.1 Å². The number of hydrogen-bond donors (Lipinski definition) is 1. The van der Waals surface area contributed by atoms with Crippen LogP contribution in [0.25, 0.3) is 0 Å². The van der Waals surface area contributed by atoms with Gasteiger partial charge in [-0.3, -0.25) is 4.79 Å². The SMILES string of the molecule is CCOC(=O)C1=C(C)N(CC(=O)NCc2ccc(F)cc2)c2ncnn2C1c1ccc(C)cc1. The third-order valence-corrected chi connectivity index (χ3v) is 5.70. The number of fused-ring (bicyclic) bond motifs is 1. The monoisotopic (exact) mass is 463 g/mol. The van der Waals surface area contributed by atoms with E-state index in [0.717, 1.165) is 16.7 Å². The molecule has 1 N–H and O–H groups in total. The zero-order valence-corrected chi connectivity index (χ0v) is 19.3. The lowest BCUT2D eigenvalue weighted by molar-refractivity contribution is -0.139. The molecule has 0 bridgehead atoms. The van der Waals surface area contributed by atoms with E-state index < -0.39 is 12.0 Å². The van der Waals surface area contributed by atoms with Crippen molar-refractivity contribution in [2.75, 3.05) is 18.1 Å². The van der Waals surface area contributed by atoms with Gasteiger partial charge in [-0.05, 0) is 44.0 Å². The molecule has 1 aromatic heterocycles. The van der Waals surface area contributed by atoms with Gasteiger partial charge in [-0.1, -0.05) is 42.0 Å². The number of esters is 1. The van der Waals surface area contributed by atoms with Crippen molar-refractivity contribution in [3.05, 3.63) is 88.6 Å². The Balaban J connectivity index is 1.65. The summed E-state index contributed by atoms with van der Waals surface area (Å²) in [6, 6.07) is 13.2. The molecule has 9 heteroatoms. The fourth-order valence-corrected chi connectivity index (χ4v) is 3.95. The minimum absolute atomic E-state index is 0.0742. The van der Waals surface area contributed by atoms with E-state index in [9.17, 15) is 14.0 Å². The third-order valence-electron chi connectivity index (χ3n) is 5.70. The van der Waals surface area contributed by atoms with E-state index >= 15 is 0 Å². The van der Waals surface area contributed by atoms with Gasteiger partial charge in [0.15, 0.2) is 0 Å². The zero-order valence-electron chi connectivity index (χ0n) is 19.3. The Labute approximate surface area is 197 Å². The maximum atomic E-state index is 13.1. The van der Waals surface area contributed by atoms with Crippen molar-refractivity contribution in [1.29, 1.82) is 0 Å². The third kappa shape index (κ3) is 4.68. The number of anilines is 1. The molecular formula is C25H26FN5O3. The molecule has 1 aliphatic heterocycles. The van der Waals surface area contributed by atoms with Crippen LogP contribution in [0.1, 0.15) is 36.6 Å². The van der Waals surface area contributed by atoms with Crippen LogP contribution in [0.3, 0.4) is 0 Å². The van der Waals surface area contributed by atoms with E-state index in [1.54, 1.807) is 35.6 Å². The largest absolute Gasteiger partial charge is 0.463 e. The van der Waals surface area contributed by atoms with Crippen molar-refractivity contribution < 1.29 is 18.7 Å². The molecule has 0 spiro atoms. The van der Waals surface area contributed by atoms with E-state index in [0.29, 0.717) is 17.2 Å². The van der Waals surface area contributed by atoms with Crippen molar-refractivity contribution in [2.45, 2.75) is 33.4 Å². The molecule has 0 aliphatic carbocycles. The van der Waals surface area contributed by atoms with Crippen LogP contribution in [-0.4, -0.2) is 39.8 Å². The number of nitrogens with one attached hydrogen (secondary N) is 1. The second-order valence-corrected chi connectivity index (χ2v) is 8.03. The summed E-state index contributed by atoms with van der Waals surface area (Å²) in [4.78, 5) is 31.9. The number of halogens is 1. The average Bonchev–Trinajstić information content (AvgIpc) is 3.30. The number of nitrogens with zero attached hydrogens (tertiary/aromatic N) is 4. The molecule has 1 unspecified atom stereocenters. The fourth-order valence-electron chi connectivity index (χ4n) is 3.95. The van der Waals surface area contributed by atoms with E-state index in [1.807, 2.05) is 31.2 Å². The molecule has 0 radical (unpaired) electrons. The number of hydrogen-bond acceptors (Lipinski definition) is 6.